The number of amidine groups is 1. The molecule has 0 fully saturated rings. The van der Waals surface area contributed by atoms with Crippen molar-refractivity contribution in [1.82, 2.24) is 25.0 Å². The van der Waals surface area contributed by atoms with E-state index >= 15 is 0 Å². The fourth-order valence-corrected chi connectivity index (χ4v) is 6.02. The Morgan fingerprint density at radius 1 is 1.02 bits per heavy atom. The molecule has 1 heterocycles. The lowest BCUT2D eigenvalue weighted by Crippen LogP contribution is -2.47. The Labute approximate surface area is 308 Å². The van der Waals surface area contributed by atoms with Crippen LogP contribution in [0.5, 0.6) is 11.5 Å². The molecule has 2 atom stereocenters. The van der Waals surface area contributed by atoms with Crippen LogP contribution in [-0.2, 0) is 0 Å². The number of nitrogens with one attached hydrogen (secondary N) is 4. The Morgan fingerprint density at radius 2 is 1.71 bits per heavy atom. The lowest BCUT2D eigenvalue weighted by Gasteiger charge is -2.34. The first-order chi connectivity index (χ1) is 24.5. The summed E-state index contributed by atoms with van der Waals surface area (Å²) in [6.45, 7) is 15.5. The third-order valence-corrected chi connectivity index (χ3v) is 8.80. The molecule has 12 nitrogen and oxygen atoms in total. The molecule has 12 heteroatoms. The van der Waals surface area contributed by atoms with E-state index in [9.17, 15) is 4.79 Å². The number of rotatable bonds is 11. The van der Waals surface area contributed by atoms with Gasteiger partial charge in [-0.05, 0) is 90.0 Å². The number of allylic oxidation sites excluding steroid dienone is 1. The molecule has 0 radical (unpaired) electrons. The number of pyridine rings is 1. The molecule has 0 saturated heterocycles. The Bertz CT molecular complexity index is 1810. The van der Waals surface area contributed by atoms with Crippen molar-refractivity contribution < 1.29 is 14.3 Å². The molecule has 0 bridgehead atoms. The maximum absolute atomic E-state index is 13.6. The van der Waals surface area contributed by atoms with Gasteiger partial charge in [0.05, 0.1) is 17.9 Å². The number of benzene rings is 2. The van der Waals surface area contributed by atoms with E-state index in [2.05, 4.69) is 15.5 Å². The fourth-order valence-electron chi connectivity index (χ4n) is 6.02. The highest BCUT2D eigenvalue weighted by Crippen LogP contribution is 2.38. The van der Waals surface area contributed by atoms with Crippen molar-refractivity contribution in [3.05, 3.63) is 95.2 Å². The normalized spacial score (nSPS) is 16.5. The molecule has 3 aromatic rings. The van der Waals surface area contributed by atoms with Crippen molar-refractivity contribution >= 4 is 23.5 Å². The summed E-state index contributed by atoms with van der Waals surface area (Å²) in [4.78, 5) is 22.4. The van der Waals surface area contributed by atoms with Crippen LogP contribution in [0.3, 0.4) is 0 Å². The SMILES string of the molecule is CC(C)N(C(=N)n1cc(OC2CCC(NC(=O)NC(/C=C(\N)C(C)(C)C)=Nc3cccc(OCCN(C)C)c3)c3ccccc32)ccc1=N)C(C)C. The Morgan fingerprint density at radius 3 is 2.37 bits per heavy atom. The van der Waals surface area contributed by atoms with Crippen LogP contribution in [0.25, 0.3) is 0 Å². The molecular weight excluding hydrogens is 654 g/mol. The number of fused-ring (bicyclic) bond motifs is 1. The third kappa shape index (κ3) is 10.7. The Kier molecular flexibility index (Phi) is 13.3. The average Bonchev–Trinajstić information content (AvgIpc) is 3.06. The van der Waals surface area contributed by atoms with Crippen LogP contribution in [0.2, 0.25) is 0 Å². The van der Waals surface area contributed by atoms with Gasteiger partial charge in [-0.2, -0.15) is 0 Å². The van der Waals surface area contributed by atoms with E-state index in [4.69, 9.17) is 31.0 Å². The van der Waals surface area contributed by atoms with Gasteiger partial charge in [-0.1, -0.05) is 51.1 Å². The summed E-state index contributed by atoms with van der Waals surface area (Å²) in [5, 5.41) is 23.5. The zero-order valence-electron chi connectivity index (χ0n) is 32.2. The molecular formula is C40H57N9O3. The number of carbonyl (C=O) groups excluding carboxylic acids is 1. The van der Waals surface area contributed by atoms with E-state index in [-0.39, 0.29) is 41.1 Å². The zero-order valence-corrected chi connectivity index (χ0v) is 32.2. The van der Waals surface area contributed by atoms with Crippen molar-refractivity contribution in [2.24, 2.45) is 16.1 Å². The molecule has 4 rings (SSSR count). The first-order valence-corrected chi connectivity index (χ1v) is 17.9. The van der Waals surface area contributed by atoms with Crippen molar-refractivity contribution in [1.29, 1.82) is 10.8 Å². The number of ether oxygens (including phenoxy) is 2. The molecule has 0 spiro atoms. The van der Waals surface area contributed by atoms with Crippen LogP contribution in [0.4, 0.5) is 10.5 Å². The molecule has 0 saturated carbocycles. The number of amides is 2. The van der Waals surface area contributed by atoms with Crippen LogP contribution in [0.1, 0.15) is 84.6 Å². The predicted octanol–water partition coefficient (Wildman–Crippen LogP) is 6.68. The number of urea groups is 1. The largest absolute Gasteiger partial charge is 0.492 e. The number of aliphatic imine (C=N–C) groups is 1. The van der Waals surface area contributed by atoms with E-state index in [0.29, 0.717) is 48.2 Å². The summed E-state index contributed by atoms with van der Waals surface area (Å²) in [5.41, 5.74) is 9.43. The minimum Gasteiger partial charge on any atom is -0.492 e. The Hall–Kier alpha value is -5.10. The van der Waals surface area contributed by atoms with Crippen molar-refractivity contribution in [3.8, 4) is 11.5 Å². The summed E-state index contributed by atoms with van der Waals surface area (Å²) in [7, 11) is 3.99. The number of nitrogens with two attached hydrogens (primary N) is 1. The number of hydrogen-bond acceptors (Lipinski definition) is 8. The molecule has 2 unspecified atom stereocenters. The highest BCUT2D eigenvalue weighted by Gasteiger charge is 2.30. The van der Waals surface area contributed by atoms with E-state index in [1.165, 1.54) is 0 Å². The van der Waals surface area contributed by atoms with Gasteiger partial charge in [0.2, 0.25) is 5.96 Å². The number of carbonyl (C=O) groups is 1. The minimum atomic E-state index is -0.403. The highest BCUT2D eigenvalue weighted by atomic mass is 16.5. The number of nitrogens with zero attached hydrogens (tertiary/aromatic N) is 4. The maximum atomic E-state index is 13.6. The lowest BCUT2D eigenvalue weighted by molar-refractivity contribution is 0.170. The molecule has 0 aliphatic heterocycles. The van der Waals surface area contributed by atoms with Crippen LogP contribution in [0.15, 0.2) is 83.6 Å². The van der Waals surface area contributed by atoms with Gasteiger partial charge in [0.15, 0.2) is 0 Å². The zero-order chi connectivity index (χ0) is 38.2. The maximum Gasteiger partial charge on any atom is 0.320 e. The lowest BCUT2D eigenvalue weighted by atomic mass is 9.85. The monoisotopic (exact) mass is 711 g/mol. The first-order valence-electron chi connectivity index (χ1n) is 17.9. The van der Waals surface area contributed by atoms with Crippen LogP contribution in [0, 0.1) is 16.2 Å². The quantitative estimate of drug-likeness (QED) is 0.110. The van der Waals surface area contributed by atoms with Crippen LogP contribution in [-0.4, -0.2) is 71.5 Å². The van der Waals surface area contributed by atoms with Crippen molar-refractivity contribution in [3.63, 3.8) is 0 Å². The molecule has 2 aromatic carbocycles. The van der Waals surface area contributed by atoms with Gasteiger partial charge in [-0.25, -0.2) is 9.79 Å². The van der Waals surface area contributed by atoms with Crippen molar-refractivity contribution in [2.75, 3.05) is 27.2 Å². The van der Waals surface area contributed by atoms with E-state index < -0.39 is 6.03 Å². The van der Waals surface area contributed by atoms with Gasteiger partial charge in [0.1, 0.15) is 35.5 Å². The van der Waals surface area contributed by atoms with Gasteiger partial charge in [-0.3, -0.25) is 20.7 Å². The second-order valence-corrected chi connectivity index (χ2v) is 15.0. The van der Waals surface area contributed by atoms with E-state index in [1.54, 1.807) is 29.0 Å². The second kappa shape index (κ2) is 17.4. The summed E-state index contributed by atoms with van der Waals surface area (Å²) in [5.74, 6) is 1.79. The minimum absolute atomic E-state index is 0.0916. The first kappa shape index (κ1) is 39.7. The van der Waals surface area contributed by atoms with Gasteiger partial charge in [0, 0.05) is 41.9 Å². The Balaban J connectivity index is 1.53. The standard InChI is InChI=1S/C40H57N9O3/c1-26(2)49(27(3)4)38(43)48-25-30(17-20-36(48)42)52-34-19-18-33(31-15-10-11-16-32(31)34)45-39(50)46-37(24-35(41)40(5,6)7)44-28-13-12-14-29(23-28)51-22-21-47(8)9/h10-17,20,23-27,33-34,42-43H,18-19,21-22,41H2,1-9H3,(H2,44,45,46,50)/b35-24-,42-36?,43-38?. The highest BCUT2D eigenvalue weighted by molar-refractivity contribution is 6.05. The molecule has 1 aliphatic rings. The molecule has 1 aliphatic carbocycles. The second-order valence-electron chi connectivity index (χ2n) is 15.0. The summed E-state index contributed by atoms with van der Waals surface area (Å²) in [6, 6.07) is 18.3. The van der Waals surface area contributed by atoms with Gasteiger partial charge in [0.25, 0.3) is 0 Å². The number of likely N-dealkylation sites (N-methyl/N-ethyl adjacent to an activating group) is 1. The van der Waals surface area contributed by atoms with Crippen molar-refractivity contribution in [2.45, 2.75) is 85.5 Å². The molecule has 280 valence electrons. The third-order valence-electron chi connectivity index (χ3n) is 8.80. The predicted molar refractivity (Wildman–Crippen MR) is 208 cm³/mol. The topological polar surface area (TPSA) is 157 Å². The number of hydrogen-bond donors (Lipinski definition) is 5. The summed E-state index contributed by atoms with van der Waals surface area (Å²) < 4.78 is 14.0. The van der Waals surface area contributed by atoms with Gasteiger partial charge in [-0.15, -0.1) is 0 Å². The molecule has 52 heavy (non-hydrogen) atoms. The molecule has 2 amide bonds. The van der Waals surface area contributed by atoms with Crippen LogP contribution < -0.4 is 31.3 Å². The summed E-state index contributed by atoms with van der Waals surface area (Å²) >= 11 is 0. The summed E-state index contributed by atoms with van der Waals surface area (Å²) in [6.07, 6.45) is 4.42. The smallest absolute Gasteiger partial charge is 0.320 e. The van der Waals surface area contributed by atoms with Crippen LogP contribution >= 0.6 is 0 Å². The number of aromatic nitrogens is 1. The molecule has 6 N–H and O–H groups in total. The van der Waals surface area contributed by atoms with Gasteiger partial charge >= 0.3 is 6.03 Å². The van der Waals surface area contributed by atoms with E-state index in [1.807, 2.05) is 116 Å². The fraction of sp³-hybridized carbons (Fsp3) is 0.450. The van der Waals surface area contributed by atoms with E-state index in [0.717, 1.165) is 17.7 Å². The average molecular weight is 712 g/mol. The molecule has 1 aromatic heterocycles. The van der Waals surface area contributed by atoms with Gasteiger partial charge < -0.3 is 30.3 Å².